The first kappa shape index (κ1) is 12.2. The standard InChI is InChI=1S/C14H18N4O/c1-19-12-4-2-11-3-5-14(13(11)10-12)15-6-8-18-9-7-16-17-18/h2,4,7,9-10,14-15H,3,5-6,8H2,1H3. The van der Waals surface area contributed by atoms with Crippen LogP contribution in [0.4, 0.5) is 0 Å². The van der Waals surface area contributed by atoms with Crippen molar-refractivity contribution in [2.45, 2.75) is 25.4 Å². The van der Waals surface area contributed by atoms with Crippen molar-refractivity contribution in [1.82, 2.24) is 20.3 Å². The van der Waals surface area contributed by atoms with Crippen molar-refractivity contribution >= 4 is 0 Å². The highest BCUT2D eigenvalue weighted by Crippen LogP contribution is 2.33. The molecule has 1 aromatic carbocycles. The van der Waals surface area contributed by atoms with E-state index in [2.05, 4.69) is 27.8 Å². The van der Waals surface area contributed by atoms with E-state index in [0.29, 0.717) is 6.04 Å². The second-order valence-electron chi connectivity index (χ2n) is 4.78. The third-order valence-electron chi connectivity index (χ3n) is 3.63. The molecule has 0 saturated carbocycles. The smallest absolute Gasteiger partial charge is 0.119 e. The van der Waals surface area contributed by atoms with Crippen molar-refractivity contribution in [1.29, 1.82) is 0 Å². The van der Waals surface area contributed by atoms with Crippen LogP contribution < -0.4 is 10.1 Å². The van der Waals surface area contributed by atoms with Gasteiger partial charge in [-0.2, -0.15) is 0 Å². The Hall–Kier alpha value is -1.88. The van der Waals surface area contributed by atoms with E-state index >= 15 is 0 Å². The molecule has 2 aromatic rings. The Bertz CT molecular complexity index is 538. The minimum atomic E-state index is 0.425. The molecule has 0 bridgehead atoms. The molecule has 3 rings (SSSR count). The number of hydrogen-bond donors (Lipinski definition) is 1. The molecule has 1 aliphatic carbocycles. The highest BCUT2D eigenvalue weighted by Gasteiger charge is 2.22. The number of aromatic nitrogens is 3. The van der Waals surface area contributed by atoms with E-state index in [1.165, 1.54) is 11.1 Å². The Balaban J connectivity index is 1.62. The molecule has 1 unspecified atom stereocenters. The van der Waals surface area contributed by atoms with Gasteiger partial charge in [-0.25, -0.2) is 0 Å². The predicted molar refractivity (Wildman–Crippen MR) is 72.1 cm³/mol. The van der Waals surface area contributed by atoms with Gasteiger partial charge in [-0.3, -0.25) is 4.68 Å². The van der Waals surface area contributed by atoms with Crippen LogP contribution in [-0.4, -0.2) is 28.6 Å². The fraction of sp³-hybridized carbons (Fsp3) is 0.429. The first-order chi connectivity index (χ1) is 9.36. The highest BCUT2D eigenvalue weighted by molar-refractivity contribution is 5.40. The van der Waals surface area contributed by atoms with Gasteiger partial charge in [-0.1, -0.05) is 11.3 Å². The van der Waals surface area contributed by atoms with Crippen LogP contribution >= 0.6 is 0 Å². The maximum Gasteiger partial charge on any atom is 0.119 e. The summed E-state index contributed by atoms with van der Waals surface area (Å²) < 4.78 is 7.14. The zero-order valence-corrected chi connectivity index (χ0v) is 11.0. The highest BCUT2D eigenvalue weighted by atomic mass is 16.5. The third kappa shape index (κ3) is 2.61. The minimum absolute atomic E-state index is 0.425. The van der Waals surface area contributed by atoms with Crippen LogP contribution in [-0.2, 0) is 13.0 Å². The van der Waals surface area contributed by atoms with Gasteiger partial charge in [0.1, 0.15) is 5.75 Å². The van der Waals surface area contributed by atoms with Crippen molar-refractivity contribution in [3.05, 3.63) is 41.7 Å². The summed E-state index contributed by atoms with van der Waals surface area (Å²) in [4.78, 5) is 0. The first-order valence-corrected chi connectivity index (χ1v) is 6.61. The summed E-state index contributed by atoms with van der Waals surface area (Å²) in [7, 11) is 1.71. The molecule has 1 heterocycles. The lowest BCUT2D eigenvalue weighted by molar-refractivity contribution is 0.413. The molecule has 0 radical (unpaired) electrons. The number of ether oxygens (including phenoxy) is 1. The van der Waals surface area contributed by atoms with Gasteiger partial charge in [0.15, 0.2) is 0 Å². The van der Waals surface area contributed by atoms with Crippen LogP contribution in [0, 0.1) is 0 Å². The van der Waals surface area contributed by atoms with E-state index in [1.54, 1.807) is 13.3 Å². The second-order valence-corrected chi connectivity index (χ2v) is 4.78. The summed E-state index contributed by atoms with van der Waals surface area (Å²) in [6, 6.07) is 6.79. The molecule has 1 N–H and O–H groups in total. The quantitative estimate of drug-likeness (QED) is 0.884. The van der Waals surface area contributed by atoms with Crippen LogP contribution in [0.2, 0.25) is 0 Å². The Morgan fingerprint density at radius 3 is 3.21 bits per heavy atom. The van der Waals surface area contributed by atoms with E-state index in [4.69, 9.17) is 4.74 Å². The molecular weight excluding hydrogens is 240 g/mol. The fourth-order valence-corrected chi connectivity index (χ4v) is 2.62. The van der Waals surface area contributed by atoms with Crippen LogP contribution in [0.25, 0.3) is 0 Å². The van der Waals surface area contributed by atoms with Crippen molar-refractivity contribution in [3.63, 3.8) is 0 Å². The molecule has 5 nitrogen and oxygen atoms in total. The number of rotatable bonds is 5. The average Bonchev–Trinajstić information content (AvgIpc) is 3.08. The minimum Gasteiger partial charge on any atom is -0.497 e. The Morgan fingerprint density at radius 1 is 1.47 bits per heavy atom. The van der Waals surface area contributed by atoms with Gasteiger partial charge in [0, 0.05) is 18.8 Å². The summed E-state index contributed by atoms with van der Waals surface area (Å²) in [6.07, 6.45) is 5.88. The van der Waals surface area contributed by atoms with Gasteiger partial charge >= 0.3 is 0 Å². The van der Waals surface area contributed by atoms with Gasteiger partial charge in [-0.15, -0.1) is 5.10 Å². The molecule has 0 aliphatic heterocycles. The van der Waals surface area contributed by atoms with Crippen LogP contribution in [0.15, 0.2) is 30.6 Å². The lowest BCUT2D eigenvalue weighted by Crippen LogP contribution is -2.24. The third-order valence-corrected chi connectivity index (χ3v) is 3.63. The molecule has 0 fully saturated rings. The molecule has 100 valence electrons. The normalized spacial score (nSPS) is 17.4. The second kappa shape index (κ2) is 5.40. The Labute approximate surface area is 112 Å². The van der Waals surface area contributed by atoms with Crippen LogP contribution in [0.3, 0.4) is 0 Å². The van der Waals surface area contributed by atoms with Gasteiger partial charge in [0.2, 0.25) is 0 Å². The topological polar surface area (TPSA) is 52.0 Å². The molecule has 1 aliphatic rings. The summed E-state index contributed by atoms with van der Waals surface area (Å²) in [6.45, 7) is 1.74. The fourth-order valence-electron chi connectivity index (χ4n) is 2.62. The Morgan fingerprint density at radius 2 is 2.42 bits per heavy atom. The van der Waals surface area contributed by atoms with Gasteiger partial charge in [-0.05, 0) is 36.1 Å². The lowest BCUT2D eigenvalue weighted by atomic mass is 10.1. The number of benzene rings is 1. The molecule has 19 heavy (non-hydrogen) atoms. The summed E-state index contributed by atoms with van der Waals surface area (Å²) in [5, 5.41) is 11.3. The zero-order valence-electron chi connectivity index (χ0n) is 11.0. The predicted octanol–water partition coefficient (Wildman–Crippen LogP) is 1.56. The van der Waals surface area contributed by atoms with Crippen molar-refractivity contribution < 1.29 is 4.74 Å². The number of nitrogens with zero attached hydrogens (tertiary/aromatic N) is 3. The van der Waals surface area contributed by atoms with Gasteiger partial charge in [0.05, 0.1) is 19.9 Å². The van der Waals surface area contributed by atoms with Gasteiger partial charge in [0.25, 0.3) is 0 Å². The van der Waals surface area contributed by atoms with Gasteiger partial charge < -0.3 is 10.1 Å². The maximum atomic E-state index is 5.30. The molecule has 0 amide bonds. The average molecular weight is 258 g/mol. The van der Waals surface area contributed by atoms with E-state index in [9.17, 15) is 0 Å². The van der Waals surface area contributed by atoms with Crippen molar-refractivity contribution in [3.8, 4) is 5.75 Å². The SMILES string of the molecule is COc1ccc2c(c1)C(NCCn1ccnn1)CC2. The largest absolute Gasteiger partial charge is 0.497 e. The number of aryl methyl sites for hydroxylation is 1. The Kier molecular flexibility index (Phi) is 3.46. The summed E-state index contributed by atoms with van der Waals surface area (Å²) >= 11 is 0. The number of hydrogen-bond acceptors (Lipinski definition) is 4. The monoisotopic (exact) mass is 258 g/mol. The van der Waals surface area contributed by atoms with E-state index < -0.39 is 0 Å². The number of fused-ring (bicyclic) bond motifs is 1. The molecular formula is C14H18N4O. The van der Waals surface area contributed by atoms with E-state index in [0.717, 1.165) is 31.7 Å². The van der Waals surface area contributed by atoms with Crippen molar-refractivity contribution in [2.75, 3.05) is 13.7 Å². The zero-order chi connectivity index (χ0) is 13.1. The maximum absolute atomic E-state index is 5.30. The number of nitrogens with one attached hydrogen (secondary N) is 1. The summed E-state index contributed by atoms with van der Waals surface area (Å²) in [5.74, 6) is 0.934. The number of methoxy groups -OCH3 is 1. The molecule has 0 saturated heterocycles. The first-order valence-electron chi connectivity index (χ1n) is 6.61. The van der Waals surface area contributed by atoms with Crippen LogP contribution in [0.5, 0.6) is 5.75 Å². The summed E-state index contributed by atoms with van der Waals surface area (Å²) in [5.41, 5.74) is 2.80. The molecule has 5 heteroatoms. The molecule has 0 spiro atoms. The van der Waals surface area contributed by atoms with E-state index in [1.807, 2.05) is 16.9 Å². The molecule has 1 aromatic heterocycles. The van der Waals surface area contributed by atoms with Crippen LogP contribution in [0.1, 0.15) is 23.6 Å². The van der Waals surface area contributed by atoms with E-state index in [-0.39, 0.29) is 0 Å². The lowest BCUT2D eigenvalue weighted by Gasteiger charge is -2.14. The van der Waals surface area contributed by atoms with Crippen molar-refractivity contribution in [2.24, 2.45) is 0 Å². The molecule has 1 atom stereocenters.